The van der Waals surface area contributed by atoms with Crippen LogP contribution in [0.15, 0.2) is 0 Å². The average Bonchev–Trinajstić information content (AvgIpc) is 3.48. The van der Waals surface area contributed by atoms with Crippen LogP contribution in [0.25, 0.3) is 0 Å². The van der Waals surface area contributed by atoms with Gasteiger partial charge in [-0.3, -0.25) is 0 Å². The number of hydrogen-bond acceptors (Lipinski definition) is 4. The molecule has 6 nitrogen and oxygen atoms in total. The summed E-state index contributed by atoms with van der Waals surface area (Å²) in [7, 11) is 0. The molecule has 0 bridgehead atoms. The van der Waals surface area contributed by atoms with Gasteiger partial charge in [0.15, 0.2) is 0 Å². The fraction of sp³-hybridized carbons (Fsp3) is 1.00. The summed E-state index contributed by atoms with van der Waals surface area (Å²) in [6.07, 6.45) is 96.8. The quantitative estimate of drug-likeness (QED) is 0.0469. The van der Waals surface area contributed by atoms with E-state index in [0.29, 0.717) is 0 Å². The Hall–Kier alpha value is 0.128. The van der Waals surface area contributed by atoms with E-state index in [9.17, 15) is 0 Å². The van der Waals surface area contributed by atoms with Crippen LogP contribution in [0.2, 0.25) is 0 Å². The molecule has 0 aliphatic rings. The molecule has 0 aromatic carbocycles. The van der Waals surface area contributed by atoms with Crippen LogP contribution in [-0.2, 0) is 23.5 Å². The molecule has 85 heavy (non-hydrogen) atoms. The standard InChI is InChI=1S/2C39H81N.Mo.4O/c2*1-4-7-10-13-16-19-22-25-28-31-34-37-40(38-35-32-29-26-23-20-17-14-11-8-5-2)39-36-33-30-27-24-21-18-15-12-9-6-3;;;;;/h2*4-39H2,1-3H3;;;;;/q;;;;;2*-1/p+2. The zero-order valence-corrected chi connectivity index (χ0v) is 62.0. The molecule has 0 aliphatic carbocycles. The molecule has 0 unspecified atom stereocenters. The van der Waals surface area contributed by atoms with Crippen molar-refractivity contribution in [2.24, 2.45) is 0 Å². The Morgan fingerprint density at radius 3 is 0.318 bits per heavy atom. The van der Waals surface area contributed by atoms with Gasteiger partial charge in [-0.15, -0.1) is 0 Å². The first-order valence-electron chi connectivity index (χ1n) is 40.0. The fourth-order valence-electron chi connectivity index (χ4n) is 13.0. The average molecular weight is 1290 g/mol. The monoisotopic (exact) mass is 1290 g/mol. The van der Waals surface area contributed by atoms with Gasteiger partial charge in [0.2, 0.25) is 0 Å². The van der Waals surface area contributed by atoms with Gasteiger partial charge < -0.3 is 9.80 Å². The topological polar surface area (TPSA) is 89.1 Å². The van der Waals surface area contributed by atoms with Crippen molar-refractivity contribution in [1.82, 2.24) is 0 Å². The van der Waals surface area contributed by atoms with Gasteiger partial charge in [0.1, 0.15) is 0 Å². The molecule has 0 heterocycles. The Morgan fingerprint density at radius 2 is 0.235 bits per heavy atom. The van der Waals surface area contributed by atoms with E-state index in [2.05, 4.69) is 41.5 Å². The number of hydrogen-bond donors (Lipinski definition) is 2. The third-order valence-electron chi connectivity index (χ3n) is 18.8. The molecule has 0 fully saturated rings. The summed E-state index contributed by atoms with van der Waals surface area (Å²) in [6.45, 7) is 22.6. The minimum atomic E-state index is -6.02. The second-order valence-electron chi connectivity index (χ2n) is 27.6. The summed E-state index contributed by atoms with van der Waals surface area (Å²) < 4.78 is 34.5. The van der Waals surface area contributed by atoms with E-state index in [1.54, 1.807) is 0 Å². The summed E-state index contributed by atoms with van der Waals surface area (Å²) in [5.74, 6) is 0. The van der Waals surface area contributed by atoms with Gasteiger partial charge in [0.05, 0.1) is 39.3 Å². The predicted octanol–water partition coefficient (Wildman–Crippen LogP) is 23.0. The fourth-order valence-corrected chi connectivity index (χ4v) is 13.0. The van der Waals surface area contributed by atoms with Crippen LogP contribution in [0.3, 0.4) is 0 Å². The SMILES string of the molecule is CCCCCCCCCCCCC[NH+](CCCCCCCCCCCCC)CCCCCCCCCCCCC.CCCCCCCCCCCCC[NH+](CCCCCCCCCCCCC)CCCCCCCCCCCCC.[O]=[Mo](=[O])([O-])[O-]. The molecule has 516 valence electrons. The number of quaternary nitrogens is 2. The second-order valence-corrected chi connectivity index (χ2v) is 29.6. The number of nitrogens with one attached hydrogen (secondary N) is 2. The normalized spacial score (nSPS) is 11.7. The maximum atomic E-state index is 8.63. The summed E-state index contributed by atoms with van der Waals surface area (Å²) in [4.78, 5) is 3.89. The molecular weight excluding hydrogens is 1120 g/mol. The van der Waals surface area contributed by atoms with E-state index in [0.717, 1.165) is 0 Å². The Labute approximate surface area is 542 Å². The molecule has 0 saturated carbocycles. The summed E-state index contributed by atoms with van der Waals surface area (Å²) >= 11 is -6.02. The van der Waals surface area contributed by atoms with Gasteiger partial charge >= 0.3 is 31.1 Å². The van der Waals surface area contributed by atoms with E-state index < -0.39 is 16.7 Å². The number of rotatable bonds is 72. The Kier molecular flexibility index (Phi) is 86.3. The zero-order chi connectivity index (χ0) is 62.6. The molecule has 0 aromatic rings. The van der Waals surface area contributed by atoms with Crippen LogP contribution in [0.5, 0.6) is 0 Å². The molecule has 0 rings (SSSR count). The molecule has 0 radical (unpaired) electrons. The minimum absolute atomic E-state index is 1.37. The Balaban J connectivity index is -0.00000146. The van der Waals surface area contributed by atoms with Crippen LogP contribution >= 0.6 is 0 Å². The van der Waals surface area contributed by atoms with E-state index in [1.165, 1.54) is 463 Å². The van der Waals surface area contributed by atoms with Crippen molar-refractivity contribution in [3.63, 3.8) is 0 Å². The van der Waals surface area contributed by atoms with Gasteiger partial charge in [0.25, 0.3) is 0 Å². The van der Waals surface area contributed by atoms with Crippen molar-refractivity contribution in [3.8, 4) is 0 Å². The first kappa shape index (κ1) is 89.3. The van der Waals surface area contributed by atoms with Gasteiger partial charge in [-0.25, -0.2) is 0 Å². The van der Waals surface area contributed by atoms with Crippen molar-refractivity contribution >= 4 is 0 Å². The summed E-state index contributed by atoms with van der Waals surface area (Å²) in [6, 6.07) is 0. The van der Waals surface area contributed by atoms with E-state index >= 15 is 0 Å². The predicted molar refractivity (Wildman–Crippen MR) is 371 cm³/mol. The summed E-state index contributed by atoms with van der Waals surface area (Å²) in [5.41, 5.74) is 0. The molecule has 0 aromatic heterocycles. The van der Waals surface area contributed by atoms with Gasteiger partial charge in [-0.2, -0.15) is 0 Å². The molecule has 0 spiro atoms. The molecule has 0 atom stereocenters. The van der Waals surface area contributed by atoms with E-state index in [4.69, 9.17) is 14.3 Å². The van der Waals surface area contributed by atoms with Gasteiger partial charge in [-0.1, -0.05) is 388 Å². The Bertz CT molecular complexity index is 1030. The second kappa shape index (κ2) is 82.1. The van der Waals surface area contributed by atoms with Crippen molar-refractivity contribution in [3.05, 3.63) is 0 Å². The third-order valence-corrected chi connectivity index (χ3v) is 18.8. The van der Waals surface area contributed by atoms with Crippen molar-refractivity contribution in [2.75, 3.05) is 39.3 Å². The van der Waals surface area contributed by atoms with Crippen LogP contribution in [0.1, 0.15) is 465 Å². The Morgan fingerprint density at radius 1 is 0.165 bits per heavy atom. The zero-order valence-electron chi connectivity index (χ0n) is 60.0. The molecular formula is C78H164MoN2O4. The van der Waals surface area contributed by atoms with Crippen LogP contribution in [-0.4, -0.2) is 39.3 Å². The van der Waals surface area contributed by atoms with E-state index in [1.807, 2.05) is 9.80 Å². The van der Waals surface area contributed by atoms with Crippen LogP contribution in [0, 0.1) is 0 Å². The molecule has 0 saturated heterocycles. The van der Waals surface area contributed by atoms with Crippen molar-refractivity contribution in [2.45, 2.75) is 465 Å². The summed E-state index contributed by atoms with van der Waals surface area (Å²) in [5, 5.41) is 0. The molecule has 2 N–H and O–H groups in total. The molecule has 0 amide bonds. The van der Waals surface area contributed by atoms with Crippen molar-refractivity contribution < 1.29 is 40.9 Å². The first-order valence-corrected chi connectivity index (χ1v) is 43.3. The van der Waals surface area contributed by atoms with Gasteiger partial charge in [-0.05, 0) is 77.0 Å². The maximum absolute atomic E-state index is 8.63. The van der Waals surface area contributed by atoms with E-state index in [-0.39, 0.29) is 0 Å². The van der Waals surface area contributed by atoms with Crippen LogP contribution in [0.4, 0.5) is 0 Å². The third kappa shape index (κ3) is 93.0. The van der Waals surface area contributed by atoms with Gasteiger partial charge in [0, 0.05) is 0 Å². The number of unbranched alkanes of at least 4 members (excludes halogenated alkanes) is 60. The molecule has 0 aliphatic heterocycles. The first-order chi connectivity index (χ1) is 41.7. The van der Waals surface area contributed by atoms with Crippen molar-refractivity contribution in [1.29, 1.82) is 0 Å². The molecule has 7 heteroatoms. The van der Waals surface area contributed by atoms with Crippen LogP contribution < -0.4 is 17.3 Å².